The Kier molecular flexibility index (Phi) is 5.62. The number of amides is 2. The summed E-state index contributed by atoms with van der Waals surface area (Å²) in [5, 5.41) is 13.2. The molecule has 8 nitrogen and oxygen atoms in total. The van der Waals surface area contributed by atoms with Crippen LogP contribution in [0.3, 0.4) is 0 Å². The Labute approximate surface area is 138 Å². The minimum atomic E-state index is -0.588. The van der Waals surface area contributed by atoms with Crippen molar-refractivity contribution in [2.75, 3.05) is 6.54 Å². The van der Waals surface area contributed by atoms with Crippen LogP contribution in [0.5, 0.6) is 0 Å². The summed E-state index contributed by atoms with van der Waals surface area (Å²) >= 11 is 0. The van der Waals surface area contributed by atoms with Gasteiger partial charge in [0.2, 0.25) is 11.8 Å². The molecule has 0 saturated heterocycles. The monoisotopic (exact) mass is 333 g/mol. The van der Waals surface area contributed by atoms with E-state index < -0.39 is 28.4 Å². The third kappa shape index (κ3) is 4.15. The van der Waals surface area contributed by atoms with Crippen LogP contribution in [0.25, 0.3) is 0 Å². The topological polar surface area (TPSA) is 132 Å². The standard InChI is InChI=1S/C16H19N3O5/c17-15(21)12-6-1-2-7-13(12)16(22)18-9-14(20)10-4-3-5-11(8-10)19(23)24/h3-5,8,12-13H,1-2,6-7,9H2,(H2,17,21)(H,18,22)/t12-,13+/m0/s1. The molecule has 2 rings (SSSR count). The van der Waals surface area contributed by atoms with Gasteiger partial charge in [0.25, 0.3) is 5.69 Å². The third-order valence-corrected chi connectivity index (χ3v) is 4.27. The number of hydrogen-bond acceptors (Lipinski definition) is 5. The third-order valence-electron chi connectivity index (χ3n) is 4.27. The van der Waals surface area contributed by atoms with Crippen LogP contribution in [0.15, 0.2) is 24.3 Å². The molecule has 1 aromatic carbocycles. The summed E-state index contributed by atoms with van der Waals surface area (Å²) in [6.07, 6.45) is 2.82. The molecule has 0 bridgehead atoms. The van der Waals surface area contributed by atoms with Crippen molar-refractivity contribution in [3.8, 4) is 0 Å². The average Bonchev–Trinajstić information content (AvgIpc) is 2.59. The lowest BCUT2D eigenvalue weighted by atomic mass is 9.78. The van der Waals surface area contributed by atoms with Crippen molar-refractivity contribution in [1.29, 1.82) is 0 Å². The molecule has 1 fully saturated rings. The molecule has 0 heterocycles. The molecule has 0 unspecified atom stereocenters. The second-order valence-electron chi connectivity index (χ2n) is 5.85. The fourth-order valence-electron chi connectivity index (χ4n) is 2.98. The van der Waals surface area contributed by atoms with Crippen molar-refractivity contribution in [3.05, 3.63) is 39.9 Å². The van der Waals surface area contributed by atoms with E-state index in [1.54, 1.807) is 0 Å². The second kappa shape index (κ2) is 7.67. The normalized spacial score (nSPS) is 20.2. The molecule has 8 heteroatoms. The van der Waals surface area contributed by atoms with Gasteiger partial charge in [0.15, 0.2) is 5.78 Å². The van der Waals surface area contributed by atoms with Crippen LogP contribution in [0.1, 0.15) is 36.0 Å². The van der Waals surface area contributed by atoms with E-state index in [1.807, 2.05) is 0 Å². The van der Waals surface area contributed by atoms with Crippen molar-refractivity contribution in [1.82, 2.24) is 5.32 Å². The Bertz CT molecular complexity index is 673. The smallest absolute Gasteiger partial charge is 0.270 e. The maximum absolute atomic E-state index is 12.2. The summed E-state index contributed by atoms with van der Waals surface area (Å²) in [7, 11) is 0. The van der Waals surface area contributed by atoms with Crippen molar-refractivity contribution >= 4 is 23.3 Å². The Hall–Kier alpha value is -2.77. The number of ketones is 1. The molecule has 0 aliphatic heterocycles. The van der Waals surface area contributed by atoms with Crippen LogP contribution in [0.4, 0.5) is 5.69 Å². The largest absolute Gasteiger partial charge is 0.369 e. The fourth-order valence-corrected chi connectivity index (χ4v) is 2.98. The molecule has 1 aromatic rings. The van der Waals surface area contributed by atoms with E-state index in [9.17, 15) is 24.5 Å². The predicted molar refractivity (Wildman–Crippen MR) is 85.1 cm³/mol. The number of nitrogens with one attached hydrogen (secondary N) is 1. The van der Waals surface area contributed by atoms with Gasteiger partial charge in [0.05, 0.1) is 11.5 Å². The van der Waals surface area contributed by atoms with Crippen molar-refractivity contribution in [3.63, 3.8) is 0 Å². The molecule has 128 valence electrons. The molecular weight excluding hydrogens is 314 g/mol. The van der Waals surface area contributed by atoms with Gasteiger partial charge >= 0.3 is 0 Å². The number of nitro groups is 1. The SMILES string of the molecule is NC(=O)[C@H]1CCCC[C@H]1C(=O)NCC(=O)c1cccc([N+](=O)[O-])c1. The number of non-ortho nitro benzene ring substituents is 1. The predicted octanol–water partition coefficient (Wildman–Crippen LogP) is 1.19. The molecular formula is C16H19N3O5. The second-order valence-corrected chi connectivity index (χ2v) is 5.85. The summed E-state index contributed by atoms with van der Waals surface area (Å²) < 4.78 is 0. The number of nitrogens with two attached hydrogens (primary N) is 1. The number of Topliss-reactive ketones (excluding diaryl/α,β-unsaturated/α-hetero) is 1. The van der Waals surface area contributed by atoms with E-state index in [-0.39, 0.29) is 23.7 Å². The molecule has 0 aromatic heterocycles. The molecule has 0 radical (unpaired) electrons. The maximum Gasteiger partial charge on any atom is 0.270 e. The van der Waals surface area contributed by atoms with Crippen molar-refractivity contribution in [2.45, 2.75) is 25.7 Å². The van der Waals surface area contributed by atoms with E-state index in [0.29, 0.717) is 12.8 Å². The Balaban J connectivity index is 1.98. The highest BCUT2D eigenvalue weighted by Gasteiger charge is 2.34. The highest BCUT2D eigenvalue weighted by molar-refractivity contribution is 6.00. The number of rotatable bonds is 6. The Morgan fingerprint density at radius 3 is 2.50 bits per heavy atom. The number of carbonyl (C=O) groups is 3. The number of carbonyl (C=O) groups excluding carboxylic acids is 3. The molecule has 3 N–H and O–H groups in total. The molecule has 1 saturated carbocycles. The van der Waals surface area contributed by atoms with E-state index in [0.717, 1.165) is 12.8 Å². The van der Waals surface area contributed by atoms with Gasteiger partial charge in [-0.2, -0.15) is 0 Å². The number of nitro benzene ring substituents is 1. The van der Waals surface area contributed by atoms with Gasteiger partial charge in [-0.1, -0.05) is 25.0 Å². The van der Waals surface area contributed by atoms with Gasteiger partial charge in [-0.25, -0.2) is 0 Å². The van der Waals surface area contributed by atoms with Crippen LogP contribution in [0, 0.1) is 22.0 Å². The van der Waals surface area contributed by atoms with Crippen LogP contribution >= 0.6 is 0 Å². The Morgan fingerprint density at radius 2 is 1.88 bits per heavy atom. The summed E-state index contributed by atoms with van der Waals surface area (Å²) in [4.78, 5) is 45.9. The first kappa shape index (κ1) is 17.6. The Morgan fingerprint density at radius 1 is 1.21 bits per heavy atom. The number of nitrogens with zero attached hydrogens (tertiary/aromatic N) is 1. The molecule has 1 aliphatic carbocycles. The molecule has 1 aliphatic rings. The van der Waals surface area contributed by atoms with Gasteiger partial charge in [-0.15, -0.1) is 0 Å². The zero-order valence-corrected chi connectivity index (χ0v) is 13.1. The van der Waals surface area contributed by atoms with Gasteiger partial charge < -0.3 is 11.1 Å². The minimum absolute atomic E-state index is 0.152. The number of benzene rings is 1. The minimum Gasteiger partial charge on any atom is -0.369 e. The first-order valence-electron chi connectivity index (χ1n) is 7.75. The van der Waals surface area contributed by atoms with E-state index >= 15 is 0 Å². The lowest BCUT2D eigenvalue weighted by Crippen LogP contribution is -2.43. The van der Waals surface area contributed by atoms with Gasteiger partial charge in [-0.3, -0.25) is 24.5 Å². The zero-order valence-electron chi connectivity index (χ0n) is 13.1. The number of hydrogen-bond donors (Lipinski definition) is 2. The molecule has 0 spiro atoms. The van der Waals surface area contributed by atoms with E-state index in [1.165, 1.54) is 24.3 Å². The van der Waals surface area contributed by atoms with Crippen LogP contribution in [-0.2, 0) is 9.59 Å². The first-order valence-corrected chi connectivity index (χ1v) is 7.75. The fraction of sp³-hybridized carbons (Fsp3) is 0.438. The van der Waals surface area contributed by atoms with E-state index in [4.69, 9.17) is 5.73 Å². The molecule has 24 heavy (non-hydrogen) atoms. The summed E-state index contributed by atoms with van der Waals surface area (Å²) in [6, 6.07) is 5.32. The quantitative estimate of drug-likeness (QED) is 0.458. The highest BCUT2D eigenvalue weighted by Crippen LogP contribution is 2.29. The zero-order chi connectivity index (χ0) is 17.7. The highest BCUT2D eigenvalue weighted by atomic mass is 16.6. The van der Waals surface area contributed by atoms with Crippen LogP contribution in [0.2, 0.25) is 0 Å². The molecule has 2 atom stereocenters. The van der Waals surface area contributed by atoms with Gasteiger partial charge in [-0.05, 0) is 12.8 Å². The van der Waals surface area contributed by atoms with Crippen molar-refractivity contribution < 1.29 is 19.3 Å². The summed E-state index contributed by atoms with van der Waals surface area (Å²) in [5.74, 6) is -2.34. The summed E-state index contributed by atoms with van der Waals surface area (Å²) in [5.41, 5.74) is 5.30. The molecule has 2 amide bonds. The maximum atomic E-state index is 12.2. The lowest BCUT2D eigenvalue weighted by molar-refractivity contribution is -0.384. The van der Waals surface area contributed by atoms with Crippen LogP contribution in [-0.4, -0.2) is 29.1 Å². The van der Waals surface area contributed by atoms with Crippen LogP contribution < -0.4 is 11.1 Å². The van der Waals surface area contributed by atoms with Gasteiger partial charge in [0, 0.05) is 29.5 Å². The number of primary amides is 1. The van der Waals surface area contributed by atoms with Gasteiger partial charge in [0.1, 0.15) is 0 Å². The lowest BCUT2D eigenvalue weighted by Gasteiger charge is -2.28. The average molecular weight is 333 g/mol. The first-order chi connectivity index (χ1) is 11.4. The van der Waals surface area contributed by atoms with Crippen molar-refractivity contribution in [2.24, 2.45) is 17.6 Å². The summed E-state index contributed by atoms with van der Waals surface area (Å²) in [6.45, 7) is -0.276. The van der Waals surface area contributed by atoms with E-state index in [2.05, 4.69) is 5.32 Å².